The molecule has 0 spiro atoms. The van der Waals surface area contributed by atoms with Crippen molar-refractivity contribution in [3.8, 4) is 11.4 Å². The van der Waals surface area contributed by atoms with E-state index in [2.05, 4.69) is 15.0 Å². The number of fused-ring (bicyclic) bond motifs is 2. The number of imidazole rings is 1. The van der Waals surface area contributed by atoms with Crippen LogP contribution in [-0.4, -0.2) is 20.7 Å². The lowest BCUT2D eigenvalue weighted by molar-refractivity contribution is 0.0992. The Morgan fingerprint density at radius 2 is 1.77 bits per heavy atom. The summed E-state index contributed by atoms with van der Waals surface area (Å²) in [5.41, 5.74) is 5.51. The van der Waals surface area contributed by atoms with Crippen LogP contribution in [0.2, 0.25) is 10.0 Å². The van der Waals surface area contributed by atoms with Gasteiger partial charge in [0.05, 0.1) is 28.0 Å². The Hall–Kier alpha value is -3.21. The van der Waals surface area contributed by atoms with E-state index >= 15 is 0 Å². The summed E-state index contributed by atoms with van der Waals surface area (Å²) < 4.78 is 0. The zero-order valence-corrected chi connectivity index (χ0v) is 18.1. The molecule has 6 heteroatoms. The van der Waals surface area contributed by atoms with Gasteiger partial charge in [0.2, 0.25) is 0 Å². The Kier molecular flexibility index (Phi) is 4.97. The van der Waals surface area contributed by atoms with Crippen molar-refractivity contribution in [2.24, 2.45) is 0 Å². The minimum atomic E-state index is 0.00142. The summed E-state index contributed by atoms with van der Waals surface area (Å²) in [5, 5.41) is 2.17. The average Bonchev–Trinajstić information content (AvgIpc) is 3.15. The van der Waals surface area contributed by atoms with E-state index in [1.807, 2.05) is 61.5 Å². The van der Waals surface area contributed by atoms with E-state index in [1.54, 1.807) is 12.1 Å². The number of nitrogens with one attached hydrogen (secondary N) is 1. The number of aromatic nitrogens is 3. The van der Waals surface area contributed by atoms with Gasteiger partial charge in [-0.05, 0) is 55.0 Å². The van der Waals surface area contributed by atoms with Crippen molar-refractivity contribution in [1.82, 2.24) is 15.0 Å². The summed E-state index contributed by atoms with van der Waals surface area (Å²) in [7, 11) is 0. The van der Waals surface area contributed by atoms with Gasteiger partial charge >= 0.3 is 0 Å². The first-order valence-electron chi connectivity index (χ1n) is 9.81. The Bertz CT molecular complexity index is 1450. The predicted octanol–water partition coefficient (Wildman–Crippen LogP) is 6.82. The topological polar surface area (TPSA) is 58.6 Å². The number of aryl methyl sites for hydroxylation is 1. The zero-order chi connectivity index (χ0) is 21.5. The summed E-state index contributed by atoms with van der Waals surface area (Å²) in [5.74, 6) is 0.650. The minimum Gasteiger partial charge on any atom is -0.338 e. The number of hydrogen-bond donors (Lipinski definition) is 1. The summed E-state index contributed by atoms with van der Waals surface area (Å²) in [4.78, 5) is 25.4. The third-order valence-electron chi connectivity index (χ3n) is 5.29. The molecule has 4 nitrogen and oxygen atoms in total. The number of pyridine rings is 1. The summed E-state index contributed by atoms with van der Waals surface area (Å²) in [6, 6.07) is 20.8. The van der Waals surface area contributed by atoms with Gasteiger partial charge < -0.3 is 4.98 Å². The fourth-order valence-corrected chi connectivity index (χ4v) is 4.46. The molecule has 0 saturated heterocycles. The van der Waals surface area contributed by atoms with Gasteiger partial charge in [-0.25, -0.2) is 4.98 Å². The molecule has 0 radical (unpaired) electrons. The van der Waals surface area contributed by atoms with Crippen molar-refractivity contribution < 1.29 is 4.79 Å². The van der Waals surface area contributed by atoms with Crippen LogP contribution in [-0.2, 0) is 6.42 Å². The molecule has 5 rings (SSSR count). The van der Waals surface area contributed by atoms with Crippen molar-refractivity contribution in [2.75, 3.05) is 0 Å². The molecule has 0 aliphatic heterocycles. The van der Waals surface area contributed by atoms with Gasteiger partial charge in [0.15, 0.2) is 5.78 Å². The Labute approximate surface area is 188 Å². The van der Waals surface area contributed by atoms with E-state index < -0.39 is 0 Å². The van der Waals surface area contributed by atoms with E-state index in [-0.39, 0.29) is 12.2 Å². The molecular weight excluding hydrogens is 429 g/mol. The summed E-state index contributed by atoms with van der Waals surface area (Å²) in [6.45, 7) is 1.94. The third kappa shape index (κ3) is 3.80. The quantitative estimate of drug-likeness (QED) is 0.308. The van der Waals surface area contributed by atoms with Crippen molar-refractivity contribution in [3.05, 3.63) is 93.6 Å². The normalized spacial score (nSPS) is 11.3. The molecule has 0 unspecified atom stereocenters. The van der Waals surface area contributed by atoms with Crippen molar-refractivity contribution in [2.45, 2.75) is 13.3 Å². The highest BCUT2D eigenvalue weighted by atomic mass is 35.5. The van der Waals surface area contributed by atoms with Crippen LogP contribution < -0.4 is 0 Å². The lowest BCUT2D eigenvalue weighted by atomic mass is 10.0. The second-order valence-corrected chi connectivity index (χ2v) is 8.34. The van der Waals surface area contributed by atoms with Crippen LogP contribution in [0.1, 0.15) is 21.6 Å². The van der Waals surface area contributed by atoms with E-state index in [1.165, 1.54) is 0 Å². The molecule has 0 amide bonds. The molecule has 0 atom stereocenters. The maximum atomic E-state index is 12.9. The maximum absolute atomic E-state index is 12.9. The highest BCUT2D eigenvalue weighted by molar-refractivity contribution is 6.36. The molecule has 0 bridgehead atoms. The van der Waals surface area contributed by atoms with Crippen LogP contribution in [0.15, 0.2) is 66.7 Å². The van der Waals surface area contributed by atoms with E-state index in [9.17, 15) is 4.79 Å². The number of carbonyl (C=O) groups is 1. The highest BCUT2D eigenvalue weighted by Crippen LogP contribution is 2.33. The van der Waals surface area contributed by atoms with E-state index in [0.717, 1.165) is 38.8 Å². The summed E-state index contributed by atoms with van der Waals surface area (Å²) >= 11 is 12.5. The number of H-pyrrole nitrogens is 1. The molecule has 31 heavy (non-hydrogen) atoms. The standard InChI is InChI=1S/C25H17Cl2N3O/c1-14-10-17(26)12-19(27)24(14)25-29-21-9-7-16(11-22(21)30-25)23(31)13-18-8-6-15-4-2-3-5-20(15)28-18/h2-12H,13H2,1H3,(H,29,30). The number of rotatable bonds is 4. The smallest absolute Gasteiger partial charge is 0.168 e. The Balaban J connectivity index is 1.46. The van der Waals surface area contributed by atoms with Gasteiger partial charge in [-0.3, -0.25) is 9.78 Å². The molecule has 1 N–H and O–H groups in total. The maximum Gasteiger partial charge on any atom is 0.168 e. The fraction of sp³-hybridized carbons (Fsp3) is 0.0800. The third-order valence-corrected chi connectivity index (χ3v) is 5.81. The van der Waals surface area contributed by atoms with Crippen LogP contribution in [0.3, 0.4) is 0 Å². The molecule has 0 aliphatic rings. The Morgan fingerprint density at radius 1 is 0.935 bits per heavy atom. The van der Waals surface area contributed by atoms with Crippen LogP contribution in [0.5, 0.6) is 0 Å². The van der Waals surface area contributed by atoms with Gasteiger partial charge in [0.1, 0.15) is 5.82 Å². The zero-order valence-electron chi connectivity index (χ0n) is 16.6. The van der Waals surface area contributed by atoms with Gasteiger partial charge in [-0.2, -0.15) is 0 Å². The molecule has 0 saturated carbocycles. The molecule has 0 aliphatic carbocycles. The molecular formula is C25H17Cl2N3O. The first-order chi connectivity index (χ1) is 15.0. The van der Waals surface area contributed by atoms with Crippen molar-refractivity contribution >= 4 is 50.9 Å². The SMILES string of the molecule is Cc1cc(Cl)cc(Cl)c1-c1nc2ccc(C(=O)Cc3ccc4ccccc4n3)cc2[nH]1. The van der Waals surface area contributed by atoms with Crippen LogP contribution in [0.25, 0.3) is 33.3 Å². The number of carbonyl (C=O) groups excluding carboxylic acids is 1. The first kappa shape index (κ1) is 19.7. The molecule has 3 aromatic carbocycles. The molecule has 2 heterocycles. The number of benzene rings is 3. The van der Waals surface area contributed by atoms with Crippen LogP contribution in [0, 0.1) is 6.92 Å². The number of para-hydroxylation sites is 1. The lowest BCUT2D eigenvalue weighted by Gasteiger charge is -2.06. The molecule has 5 aromatic rings. The number of ketones is 1. The average molecular weight is 446 g/mol. The second-order valence-electron chi connectivity index (χ2n) is 7.49. The monoisotopic (exact) mass is 445 g/mol. The fourth-order valence-electron chi connectivity index (χ4n) is 3.78. The lowest BCUT2D eigenvalue weighted by Crippen LogP contribution is -2.05. The number of hydrogen-bond acceptors (Lipinski definition) is 3. The number of aromatic amines is 1. The number of Topliss-reactive ketones (excluding diaryl/α,β-unsaturated/α-hetero) is 1. The van der Waals surface area contributed by atoms with Crippen LogP contribution >= 0.6 is 23.2 Å². The van der Waals surface area contributed by atoms with Crippen molar-refractivity contribution in [3.63, 3.8) is 0 Å². The van der Waals surface area contributed by atoms with E-state index in [0.29, 0.717) is 21.4 Å². The number of nitrogens with zero attached hydrogens (tertiary/aromatic N) is 2. The van der Waals surface area contributed by atoms with Gasteiger partial charge in [0.25, 0.3) is 0 Å². The van der Waals surface area contributed by atoms with Gasteiger partial charge in [-0.1, -0.05) is 47.5 Å². The molecule has 2 aromatic heterocycles. The van der Waals surface area contributed by atoms with Gasteiger partial charge in [0, 0.05) is 27.2 Å². The summed E-state index contributed by atoms with van der Waals surface area (Å²) in [6.07, 6.45) is 0.236. The second kappa shape index (κ2) is 7.80. The molecule has 0 fully saturated rings. The Morgan fingerprint density at radius 3 is 2.61 bits per heavy atom. The number of halogens is 2. The van der Waals surface area contributed by atoms with Crippen molar-refractivity contribution in [1.29, 1.82) is 0 Å². The highest BCUT2D eigenvalue weighted by Gasteiger charge is 2.15. The molecule has 152 valence electrons. The largest absolute Gasteiger partial charge is 0.338 e. The van der Waals surface area contributed by atoms with Crippen LogP contribution in [0.4, 0.5) is 0 Å². The first-order valence-corrected chi connectivity index (χ1v) is 10.6. The minimum absolute atomic E-state index is 0.00142. The van der Waals surface area contributed by atoms with E-state index in [4.69, 9.17) is 23.2 Å². The predicted molar refractivity (Wildman–Crippen MR) is 126 cm³/mol. The van der Waals surface area contributed by atoms with Gasteiger partial charge in [-0.15, -0.1) is 0 Å².